The molecule has 5 heteroatoms. The monoisotopic (exact) mass is 290 g/mol. The molecule has 1 rings (SSSR count). The third-order valence-electron chi connectivity index (χ3n) is 4.51. The van der Waals surface area contributed by atoms with E-state index in [-0.39, 0.29) is 0 Å². The highest BCUT2D eigenvalue weighted by Gasteiger charge is 2.38. The zero-order valence-corrected chi connectivity index (χ0v) is 14.2. The van der Waals surface area contributed by atoms with Crippen LogP contribution in [0.3, 0.4) is 0 Å². The van der Waals surface area contributed by atoms with E-state index in [4.69, 9.17) is 13.3 Å². The Morgan fingerprint density at radius 1 is 0.895 bits per heavy atom. The van der Waals surface area contributed by atoms with Crippen molar-refractivity contribution in [2.75, 3.05) is 47.5 Å². The molecule has 0 aliphatic carbocycles. The van der Waals surface area contributed by atoms with E-state index in [1.807, 2.05) is 0 Å². The van der Waals surface area contributed by atoms with Crippen LogP contribution in [0.5, 0.6) is 0 Å². The van der Waals surface area contributed by atoms with Crippen molar-refractivity contribution in [3.05, 3.63) is 0 Å². The lowest BCUT2D eigenvalue weighted by molar-refractivity contribution is -0.932. The molecular formula is C14H32NO3Si+. The molecule has 0 saturated carbocycles. The van der Waals surface area contributed by atoms with Gasteiger partial charge in [0.25, 0.3) is 0 Å². The van der Waals surface area contributed by atoms with Gasteiger partial charge in [0.05, 0.1) is 26.2 Å². The predicted molar refractivity (Wildman–Crippen MR) is 80.1 cm³/mol. The van der Waals surface area contributed by atoms with Gasteiger partial charge in [-0.1, -0.05) is 6.92 Å². The van der Waals surface area contributed by atoms with Crippen LogP contribution < -0.4 is 0 Å². The summed E-state index contributed by atoms with van der Waals surface area (Å²) in [6.45, 7) is 7.58. The molecule has 0 unspecified atom stereocenters. The maximum absolute atomic E-state index is 5.51. The van der Waals surface area contributed by atoms with E-state index in [0.717, 1.165) is 12.5 Å². The van der Waals surface area contributed by atoms with Crippen molar-refractivity contribution in [1.82, 2.24) is 0 Å². The minimum Gasteiger partial charge on any atom is -0.377 e. The molecule has 114 valence electrons. The highest BCUT2D eigenvalue weighted by Crippen LogP contribution is 2.23. The third-order valence-corrected chi connectivity index (χ3v) is 7.34. The Labute approximate surface area is 120 Å². The quantitative estimate of drug-likeness (QED) is 0.483. The number of hydrogen-bond donors (Lipinski definition) is 0. The summed E-state index contributed by atoms with van der Waals surface area (Å²) in [5, 5.41) is 0. The van der Waals surface area contributed by atoms with Gasteiger partial charge in [-0.3, -0.25) is 0 Å². The molecule has 0 spiro atoms. The Morgan fingerprint density at radius 2 is 1.47 bits per heavy atom. The van der Waals surface area contributed by atoms with Crippen LogP contribution in [-0.4, -0.2) is 60.8 Å². The van der Waals surface area contributed by atoms with Gasteiger partial charge in [-0.05, 0) is 25.7 Å². The lowest BCUT2D eigenvalue weighted by Gasteiger charge is -2.42. The van der Waals surface area contributed by atoms with E-state index in [2.05, 4.69) is 6.92 Å². The fourth-order valence-electron chi connectivity index (χ4n) is 3.40. The smallest absolute Gasteiger partial charge is 0.377 e. The Kier molecular flexibility index (Phi) is 7.53. The van der Waals surface area contributed by atoms with Crippen molar-refractivity contribution in [1.29, 1.82) is 0 Å². The van der Waals surface area contributed by atoms with Crippen LogP contribution in [-0.2, 0) is 13.3 Å². The first-order valence-electron chi connectivity index (χ1n) is 7.66. The molecule has 1 saturated heterocycles. The lowest BCUT2D eigenvalue weighted by Crippen LogP contribution is -2.53. The molecule has 4 nitrogen and oxygen atoms in total. The number of quaternary nitrogens is 1. The number of piperidine rings is 1. The molecule has 0 aromatic rings. The molecular weight excluding hydrogens is 258 g/mol. The van der Waals surface area contributed by atoms with E-state index in [1.165, 1.54) is 56.3 Å². The maximum Gasteiger partial charge on any atom is 0.500 e. The largest absolute Gasteiger partial charge is 0.500 e. The van der Waals surface area contributed by atoms with E-state index < -0.39 is 8.80 Å². The summed E-state index contributed by atoms with van der Waals surface area (Å²) in [4.78, 5) is 0. The molecule has 1 aliphatic rings. The van der Waals surface area contributed by atoms with Crippen LogP contribution in [0.15, 0.2) is 0 Å². The normalized spacial score (nSPS) is 19.6. The van der Waals surface area contributed by atoms with Gasteiger partial charge < -0.3 is 17.8 Å². The SMILES string of the molecule is CCC[N+]1(CCC[Si](OC)(OC)OC)CCCCC1. The third kappa shape index (κ3) is 4.83. The first-order valence-corrected chi connectivity index (χ1v) is 9.59. The summed E-state index contributed by atoms with van der Waals surface area (Å²) in [7, 11) is 2.75. The highest BCUT2D eigenvalue weighted by atomic mass is 28.4. The zero-order valence-electron chi connectivity index (χ0n) is 13.2. The van der Waals surface area contributed by atoms with Crippen LogP contribution in [0.1, 0.15) is 39.0 Å². The lowest BCUT2D eigenvalue weighted by atomic mass is 10.1. The van der Waals surface area contributed by atoms with Gasteiger partial charge in [-0.15, -0.1) is 0 Å². The first-order chi connectivity index (χ1) is 9.16. The van der Waals surface area contributed by atoms with Gasteiger partial charge >= 0.3 is 8.80 Å². The molecule has 0 N–H and O–H groups in total. The molecule has 0 aromatic carbocycles. The fourth-order valence-corrected chi connectivity index (χ4v) is 5.11. The molecule has 1 aliphatic heterocycles. The molecule has 0 amide bonds. The topological polar surface area (TPSA) is 27.7 Å². The van der Waals surface area contributed by atoms with Crippen LogP contribution in [0, 0.1) is 0 Å². The summed E-state index contributed by atoms with van der Waals surface area (Å²) in [5.41, 5.74) is 0. The van der Waals surface area contributed by atoms with Crippen molar-refractivity contribution in [2.45, 2.75) is 45.1 Å². The van der Waals surface area contributed by atoms with Gasteiger partial charge in [0.15, 0.2) is 0 Å². The summed E-state index contributed by atoms with van der Waals surface area (Å²) < 4.78 is 17.8. The number of likely N-dealkylation sites (tertiary alicyclic amines) is 1. The fraction of sp³-hybridized carbons (Fsp3) is 1.00. The van der Waals surface area contributed by atoms with Crippen LogP contribution in [0.4, 0.5) is 0 Å². The number of nitrogens with zero attached hydrogens (tertiary/aromatic N) is 1. The van der Waals surface area contributed by atoms with Crippen molar-refractivity contribution in [2.24, 2.45) is 0 Å². The van der Waals surface area contributed by atoms with Gasteiger partial charge in [0.1, 0.15) is 0 Å². The summed E-state index contributed by atoms with van der Waals surface area (Å²) >= 11 is 0. The van der Waals surface area contributed by atoms with Gasteiger partial charge in [0.2, 0.25) is 0 Å². The first kappa shape index (κ1) is 17.1. The van der Waals surface area contributed by atoms with Crippen LogP contribution >= 0.6 is 0 Å². The highest BCUT2D eigenvalue weighted by molar-refractivity contribution is 6.60. The van der Waals surface area contributed by atoms with Crippen molar-refractivity contribution in [3.8, 4) is 0 Å². The minimum absolute atomic E-state index is 0.931. The minimum atomic E-state index is -2.37. The average molecular weight is 291 g/mol. The van der Waals surface area contributed by atoms with E-state index in [9.17, 15) is 0 Å². The maximum atomic E-state index is 5.51. The van der Waals surface area contributed by atoms with Crippen LogP contribution in [0.25, 0.3) is 0 Å². The molecule has 0 atom stereocenters. The van der Waals surface area contributed by atoms with E-state index in [1.54, 1.807) is 21.3 Å². The molecule has 1 fully saturated rings. The van der Waals surface area contributed by atoms with Crippen molar-refractivity contribution >= 4 is 8.80 Å². The summed E-state index contributed by atoms with van der Waals surface area (Å²) in [6.07, 6.45) is 6.61. The summed E-state index contributed by atoms with van der Waals surface area (Å²) in [5.74, 6) is 0. The van der Waals surface area contributed by atoms with Crippen molar-refractivity contribution < 1.29 is 17.8 Å². The Bertz CT molecular complexity index is 227. The average Bonchev–Trinajstić information content (AvgIpc) is 2.45. The van der Waals surface area contributed by atoms with Crippen LogP contribution in [0.2, 0.25) is 6.04 Å². The zero-order chi connectivity index (χ0) is 14.2. The molecule has 0 bridgehead atoms. The molecule has 19 heavy (non-hydrogen) atoms. The number of hydrogen-bond acceptors (Lipinski definition) is 3. The second-order valence-corrected chi connectivity index (χ2v) is 8.79. The van der Waals surface area contributed by atoms with E-state index >= 15 is 0 Å². The molecule has 0 radical (unpaired) electrons. The molecule has 0 aromatic heterocycles. The van der Waals surface area contributed by atoms with Gasteiger partial charge in [-0.25, -0.2) is 0 Å². The van der Waals surface area contributed by atoms with E-state index in [0.29, 0.717) is 0 Å². The van der Waals surface area contributed by atoms with Crippen molar-refractivity contribution in [3.63, 3.8) is 0 Å². The standard InChI is InChI=1S/C14H32NO3Si/c1-5-10-15(11-7-6-8-12-15)13-9-14-19(16-2,17-3)18-4/h5-14H2,1-4H3/q+1. The Balaban J connectivity index is 2.47. The number of rotatable bonds is 9. The predicted octanol–water partition coefficient (Wildman–Crippen LogP) is 2.67. The second kappa shape index (κ2) is 8.37. The summed E-state index contributed by atoms with van der Waals surface area (Å²) in [6, 6.07) is 0.931. The Hall–Kier alpha value is 0.0569. The van der Waals surface area contributed by atoms with Gasteiger partial charge in [0, 0.05) is 33.8 Å². The Morgan fingerprint density at radius 3 is 1.95 bits per heavy atom. The molecule has 1 heterocycles. The van der Waals surface area contributed by atoms with Gasteiger partial charge in [-0.2, -0.15) is 0 Å². The second-order valence-electron chi connectivity index (χ2n) is 5.70.